The summed E-state index contributed by atoms with van der Waals surface area (Å²) in [5.41, 5.74) is 0. The minimum atomic E-state index is -0.395. The molecule has 0 saturated carbocycles. The summed E-state index contributed by atoms with van der Waals surface area (Å²) in [7, 11) is 0. The second-order valence-corrected chi connectivity index (χ2v) is 2.49. The summed E-state index contributed by atoms with van der Waals surface area (Å²) >= 11 is 0. The third-order valence-electron chi connectivity index (χ3n) is 1.56. The lowest BCUT2D eigenvalue weighted by Gasteiger charge is -1.93. The number of hydrogen-bond acceptors (Lipinski definition) is 3. The summed E-state index contributed by atoms with van der Waals surface area (Å²) in [6.45, 7) is 4.33. The summed E-state index contributed by atoms with van der Waals surface area (Å²) < 4.78 is 5.93. The van der Waals surface area contributed by atoms with E-state index in [1.54, 1.807) is 6.92 Å². The number of nitrogens with zero attached hydrogens (tertiary/aromatic N) is 2. The Labute approximate surface area is 70.5 Å². The van der Waals surface area contributed by atoms with Crippen LogP contribution in [0.1, 0.15) is 19.2 Å². The van der Waals surface area contributed by atoms with Crippen LogP contribution in [0.2, 0.25) is 0 Å². The van der Waals surface area contributed by atoms with Crippen molar-refractivity contribution in [2.75, 3.05) is 0 Å². The third kappa shape index (κ3) is 1.84. The van der Waals surface area contributed by atoms with Gasteiger partial charge in [0.1, 0.15) is 0 Å². The fraction of sp³-hybridized carbons (Fsp3) is 0.500. The molecule has 0 N–H and O–H groups in total. The van der Waals surface area contributed by atoms with Crippen molar-refractivity contribution in [2.24, 2.45) is 0 Å². The average molecular weight is 168 g/mol. The van der Waals surface area contributed by atoms with Crippen molar-refractivity contribution in [1.29, 1.82) is 0 Å². The highest BCUT2D eigenvalue weighted by Gasteiger charge is 2.01. The number of aryl methyl sites for hydroxylation is 1. The Morgan fingerprint density at radius 2 is 2.33 bits per heavy atom. The van der Waals surface area contributed by atoms with E-state index in [1.807, 2.05) is 19.1 Å². The first-order chi connectivity index (χ1) is 5.75. The molecule has 0 bridgehead atoms. The van der Waals surface area contributed by atoms with Crippen LogP contribution in [0.25, 0.3) is 0 Å². The molecule has 12 heavy (non-hydrogen) atoms. The van der Waals surface area contributed by atoms with Gasteiger partial charge in [-0.3, -0.25) is 9.09 Å². The first-order valence-electron chi connectivity index (χ1n) is 3.93. The predicted octanol–water partition coefficient (Wildman–Crippen LogP) is 1.11. The van der Waals surface area contributed by atoms with Gasteiger partial charge in [0.15, 0.2) is 5.82 Å². The zero-order chi connectivity index (χ0) is 8.97. The minimum Gasteiger partial charge on any atom is -0.296 e. The van der Waals surface area contributed by atoms with Crippen LogP contribution in [0.15, 0.2) is 21.5 Å². The van der Waals surface area contributed by atoms with Crippen molar-refractivity contribution in [2.45, 2.75) is 26.8 Å². The fourth-order valence-electron chi connectivity index (χ4n) is 0.889. The van der Waals surface area contributed by atoms with E-state index in [9.17, 15) is 4.79 Å². The van der Waals surface area contributed by atoms with Gasteiger partial charge < -0.3 is 0 Å². The van der Waals surface area contributed by atoms with E-state index in [2.05, 4.69) is 9.68 Å². The molecule has 0 saturated heterocycles. The Balaban J connectivity index is 2.74. The van der Waals surface area contributed by atoms with Gasteiger partial charge in [0.05, 0.1) is 0 Å². The van der Waals surface area contributed by atoms with Gasteiger partial charge in [0.2, 0.25) is 0 Å². The van der Waals surface area contributed by atoms with Gasteiger partial charge in [-0.1, -0.05) is 24.2 Å². The maximum absolute atomic E-state index is 10.9. The Hall–Kier alpha value is -1.32. The van der Waals surface area contributed by atoms with E-state index >= 15 is 0 Å². The number of rotatable bonds is 3. The highest BCUT2D eigenvalue weighted by Crippen LogP contribution is 1.90. The van der Waals surface area contributed by atoms with Crippen LogP contribution in [-0.2, 0) is 6.54 Å². The van der Waals surface area contributed by atoms with Gasteiger partial charge in [-0.2, -0.15) is 0 Å². The lowest BCUT2D eigenvalue weighted by Crippen LogP contribution is -2.14. The summed E-state index contributed by atoms with van der Waals surface area (Å²) in [6.07, 6.45) is 4.89. The van der Waals surface area contributed by atoms with Crippen molar-refractivity contribution in [3.63, 3.8) is 0 Å². The summed E-state index contributed by atoms with van der Waals surface area (Å²) in [5.74, 6) is 0.217. The topological polar surface area (TPSA) is 48.0 Å². The quantitative estimate of drug-likeness (QED) is 0.635. The second-order valence-electron chi connectivity index (χ2n) is 2.49. The maximum Gasteiger partial charge on any atom is 0.441 e. The normalized spacial score (nSPS) is 11.2. The van der Waals surface area contributed by atoms with Gasteiger partial charge >= 0.3 is 5.76 Å². The first kappa shape index (κ1) is 8.77. The average Bonchev–Trinajstić information content (AvgIpc) is 2.35. The molecule has 4 heteroatoms. The maximum atomic E-state index is 10.9. The molecule has 4 nitrogen and oxygen atoms in total. The molecule has 0 aromatic carbocycles. The number of aromatic nitrogens is 2. The van der Waals surface area contributed by atoms with Gasteiger partial charge in [-0.15, -0.1) is 0 Å². The molecule has 0 fully saturated rings. The largest absolute Gasteiger partial charge is 0.441 e. The van der Waals surface area contributed by atoms with Crippen LogP contribution < -0.4 is 5.76 Å². The Kier molecular flexibility index (Phi) is 2.85. The molecule has 0 atom stereocenters. The molecule has 0 unspecified atom stereocenters. The van der Waals surface area contributed by atoms with Gasteiger partial charge in [0, 0.05) is 6.54 Å². The Bertz CT molecular complexity index is 322. The van der Waals surface area contributed by atoms with Crippen LogP contribution in [0.4, 0.5) is 0 Å². The van der Waals surface area contributed by atoms with Gasteiger partial charge in [-0.25, -0.2) is 4.79 Å². The Morgan fingerprint density at radius 3 is 2.83 bits per heavy atom. The molecule has 0 aliphatic heterocycles. The highest BCUT2D eigenvalue weighted by atomic mass is 16.5. The Morgan fingerprint density at radius 1 is 1.58 bits per heavy atom. The fourth-order valence-corrected chi connectivity index (χ4v) is 0.889. The monoisotopic (exact) mass is 168 g/mol. The molecular weight excluding hydrogens is 156 g/mol. The lowest BCUT2D eigenvalue weighted by atomic mass is 10.4. The molecular formula is C8H12N2O2. The van der Waals surface area contributed by atoms with Gasteiger partial charge in [0.25, 0.3) is 0 Å². The highest BCUT2D eigenvalue weighted by molar-refractivity contribution is 4.86. The molecule has 0 radical (unpaired) electrons. The van der Waals surface area contributed by atoms with E-state index in [1.165, 1.54) is 4.57 Å². The third-order valence-corrected chi connectivity index (χ3v) is 1.56. The van der Waals surface area contributed by atoms with Crippen molar-refractivity contribution < 1.29 is 4.52 Å². The number of allylic oxidation sites excluding steroid dienone is 2. The smallest absolute Gasteiger partial charge is 0.296 e. The molecule has 0 aliphatic carbocycles. The molecule has 1 aromatic heterocycles. The van der Waals surface area contributed by atoms with E-state index in [0.717, 1.165) is 6.42 Å². The number of hydrogen-bond donors (Lipinski definition) is 0. The van der Waals surface area contributed by atoms with Crippen molar-refractivity contribution in [1.82, 2.24) is 9.72 Å². The molecule has 1 heterocycles. The van der Waals surface area contributed by atoms with Crippen LogP contribution in [0.3, 0.4) is 0 Å². The lowest BCUT2D eigenvalue weighted by molar-refractivity contribution is 0.376. The van der Waals surface area contributed by atoms with Crippen molar-refractivity contribution in [3.05, 3.63) is 28.5 Å². The van der Waals surface area contributed by atoms with E-state index in [4.69, 9.17) is 0 Å². The van der Waals surface area contributed by atoms with Crippen LogP contribution in [-0.4, -0.2) is 9.72 Å². The summed E-state index contributed by atoms with van der Waals surface area (Å²) in [6, 6.07) is 0. The van der Waals surface area contributed by atoms with Crippen LogP contribution in [0, 0.1) is 6.92 Å². The van der Waals surface area contributed by atoms with Crippen molar-refractivity contribution in [3.8, 4) is 0 Å². The molecule has 1 rings (SSSR count). The molecule has 66 valence electrons. The molecule has 0 spiro atoms. The molecule has 0 amide bonds. The van der Waals surface area contributed by atoms with E-state index in [0.29, 0.717) is 12.4 Å². The zero-order valence-electron chi connectivity index (χ0n) is 7.28. The SMILES string of the molecule is CC/C=C\Cn1c(C)noc1=O. The summed E-state index contributed by atoms with van der Waals surface area (Å²) in [5, 5.41) is 3.54. The van der Waals surface area contributed by atoms with E-state index < -0.39 is 5.76 Å². The zero-order valence-corrected chi connectivity index (χ0v) is 7.28. The molecule has 1 aromatic rings. The van der Waals surface area contributed by atoms with Gasteiger partial charge in [-0.05, 0) is 13.3 Å². The van der Waals surface area contributed by atoms with E-state index in [-0.39, 0.29) is 0 Å². The van der Waals surface area contributed by atoms with Crippen LogP contribution >= 0.6 is 0 Å². The standard InChI is InChI=1S/C8H12N2O2/c1-3-4-5-6-10-7(2)9-12-8(10)11/h4-5H,3,6H2,1-2H3/b5-4-. The predicted molar refractivity (Wildman–Crippen MR) is 44.9 cm³/mol. The van der Waals surface area contributed by atoms with Crippen molar-refractivity contribution >= 4 is 0 Å². The van der Waals surface area contributed by atoms with Crippen LogP contribution in [0.5, 0.6) is 0 Å². The summed E-state index contributed by atoms with van der Waals surface area (Å²) in [4.78, 5) is 10.9. The minimum absolute atomic E-state index is 0.395. The second kappa shape index (κ2) is 3.90. The molecule has 0 aliphatic rings. The first-order valence-corrected chi connectivity index (χ1v) is 3.93.